The lowest BCUT2D eigenvalue weighted by Crippen LogP contribution is -2.20. The first kappa shape index (κ1) is 15.4. The summed E-state index contributed by atoms with van der Waals surface area (Å²) in [5.41, 5.74) is 0.863. The van der Waals surface area contributed by atoms with Gasteiger partial charge in [-0.3, -0.25) is 4.79 Å². The highest BCUT2D eigenvalue weighted by molar-refractivity contribution is 9.10. The van der Waals surface area contributed by atoms with E-state index in [0.717, 1.165) is 0 Å². The van der Waals surface area contributed by atoms with E-state index in [4.69, 9.17) is 21.6 Å². The van der Waals surface area contributed by atoms with Crippen LogP contribution in [-0.4, -0.2) is 12.5 Å². The number of nitrogens with zero attached hydrogens (tertiary/aromatic N) is 1. The smallest absolute Gasteiger partial charge is 0.262 e. The Bertz CT molecular complexity index is 713. The van der Waals surface area contributed by atoms with Crippen LogP contribution in [0.5, 0.6) is 5.75 Å². The Kier molecular flexibility index (Phi) is 5.20. The van der Waals surface area contributed by atoms with Crippen LogP contribution in [0.4, 0.5) is 5.69 Å². The molecule has 21 heavy (non-hydrogen) atoms. The summed E-state index contributed by atoms with van der Waals surface area (Å²) >= 11 is 9.13. The van der Waals surface area contributed by atoms with Crippen LogP contribution < -0.4 is 10.1 Å². The largest absolute Gasteiger partial charge is 0.483 e. The Labute approximate surface area is 135 Å². The van der Waals surface area contributed by atoms with Gasteiger partial charge in [0.2, 0.25) is 0 Å². The molecule has 0 unspecified atom stereocenters. The third-order valence-electron chi connectivity index (χ3n) is 2.57. The molecule has 0 saturated heterocycles. The Morgan fingerprint density at radius 3 is 2.81 bits per heavy atom. The van der Waals surface area contributed by atoms with E-state index in [9.17, 15) is 4.79 Å². The van der Waals surface area contributed by atoms with Gasteiger partial charge in [-0.1, -0.05) is 23.7 Å². The van der Waals surface area contributed by atoms with Crippen molar-refractivity contribution in [1.82, 2.24) is 0 Å². The number of ether oxygens (including phenoxy) is 1. The molecule has 0 aliphatic heterocycles. The lowest BCUT2D eigenvalue weighted by atomic mass is 10.2. The number of para-hydroxylation sites is 1. The SMILES string of the molecule is N#Cc1ccccc1NC(=O)COc1ccc(Cl)cc1Br. The maximum Gasteiger partial charge on any atom is 0.262 e. The van der Waals surface area contributed by atoms with Crippen molar-refractivity contribution >= 4 is 39.1 Å². The minimum Gasteiger partial charge on any atom is -0.483 e. The van der Waals surface area contributed by atoms with Gasteiger partial charge in [0.05, 0.1) is 15.7 Å². The molecule has 0 bridgehead atoms. The van der Waals surface area contributed by atoms with Gasteiger partial charge in [0.1, 0.15) is 11.8 Å². The van der Waals surface area contributed by atoms with E-state index in [-0.39, 0.29) is 12.5 Å². The lowest BCUT2D eigenvalue weighted by molar-refractivity contribution is -0.118. The van der Waals surface area contributed by atoms with Crippen molar-refractivity contribution < 1.29 is 9.53 Å². The van der Waals surface area contributed by atoms with Crippen molar-refractivity contribution in [2.24, 2.45) is 0 Å². The number of benzene rings is 2. The summed E-state index contributed by atoms with van der Waals surface area (Å²) in [4.78, 5) is 11.8. The van der Waals surface area contributed by atoms with Crippen molar-refractivity contribution in [2.45, 2.75) is 0 Å². The molecule has 0 aliphatic rings. The van der Waals surface area contributed by atoms with Gasteiger partial charge < -0.3 is 10.1 Å². The Balaban J connectivity index is 1.98. The normalized spacial score (nSPS) is 9.76. The zero-order chi connectivity index (χ0) is 15.2. The number of nitriles is 1. The Morgan fingerprint density at radius 2 is 2.10 bits per heavy atom. The first-order valence-corrected chi connectivity index (χ1v) is 7.14. The molecule has 0 aliphatic carbocycles. The molecule has 0 spiro atoms. The fraction of sp³-hybridized carbons (Fsp3) is 0.0667. The van der Waals surface area contributed by atoms with Gasteiger partial charge in [-0.05, 0) is 46.3 Å². The first-order valence-electron chi connectivity index (χ1n) is 5.97. The molecule has 2 rings (SSSR count). The molecule has 1 amide bonds. The zero-order valence-corrected chi connectivity index (χ0v) is 13.1. The summed E-state index contributed by atoms with van der Waals surface area (Å²) in [6.45, 7) is -0.167. The van der Waals surface area contributed by atoms with Crippen molar-refractivity contribution in [1.29, 1.82) is 5.26 Å². The summed E-state index contributed by atoms with van der Waals surface area (Å²) in [5, 5.41) is 12.2. The highest BCUT2D eigenvalue weighted by Crippen LogP contribution is 2.27. The monoisotopic (exact) mass is 364 g/mol. The minimum atomic E-state index is -0.348. The predicted molar refractivity (Wildman–Crippen MR) is 84.4 cm³/mol. The summed E-state index contributed by atoms with van der Waals surface area (Å²) in [6.07, 6.45) is 0. The van der Waals surface area contributed by atoms with Crippen molar-refractivity contribution in [2.75, 3.05) is 11.9 Å². The van der Waals surface area contributed by atoms with Crippen LogP contribution in [-0.2, 0) is 4.79 Å². The molecule has 0 saturated carbocycles. The number of carbonyl (C=O) groups excluding carboxylic acids is 1. The average Bonchev–Trinajstić information content (AvgIpc) is 2.47. The molecule has 0 atom stereocenters. The fourth-order valence-electron chi connectivity index (χ4n) is 1.61. The van der Waals surface area contributed by atoms with E-state index < -0.39 is 0 Å². The van der Waals surface area contributed by atoms with Crippen LogP contribution in [0.2, 0.25) is 5.02 Å². The lowest BCUT2D eigenvalue weighted by Gasteiger charge is -2.09. The van der Waals surface area contributed by atoms with Crippen LogP contribution in [0, 0.1) is 11.3 Å². The number of nitrogens with one attached hydrogen (secondary N) is 1. The number of amides is 1. The minimum absolute atomic E-state index is 0.167. The van der Waals surface area contributed by atoms with Crippen LogP contribution in [0.25, 0.3) is 0 Å². The number of rotatable bonds is 4. The topological polar surface area (TPSA) is 62.1 Å². The van der Waals surface area contributed by atoms with Gasteiger partial charge in [0.25, 0.3) is 5.91 Å². The van der Waals surface area contributed by atoms with E-state index in [2.05, 4.69) is 21.2 Å². The van der Waals surface area contributed by atoms with Crippen molar-refractivity contribution in [3.05, 3.63) is 57.5 Å². The molecule has 6 heteroatoms. The molecular formula is C15H10BrClN2O2. The van der Waals surface area contributed by atoms with E-state index >= 15 is 0 Å². The highest BCUT2D eigenvalue weighted by Gasteiger charge is 2.08. The number of halogens is 2. The van der Waals surface area contributed by atoms with Crippen LogP contribution in [0.3, 0.4) is 0 Å². The molecule has 106 valence electrons. The number of hydrogen-bond donors (Lipinski definition) is 1. The van der Waals surface area contributed by atoms with E-state index in [1.807, 2.05) is 6.07 Å². The van der Waals surface area contributed by atoms with Gasteiger partial charge in [-0.2, -0.15) is 5.26 Å². The maximum absolute atomic E-state index is 11.8. The highest BCUT2D eigenvalue weighted by atomic mass is 79.9. The Hall–Kier alpha value is -2.03. The molecular weight excluding hydrogens is 356 g/mol. The predicted octanol–water partition coefficient (Wildman–Crippen LogP) is 3.99. The van der Waals surface area contributed by atoms with E-state index in [0.29, 0.717) is 26.5 Å². The van der Waals surface area contributed by atoms with Gasteiger partial charge in [0.15, 0.2) is 6.61 Å². The molecule has 0 radical (unpaired) electrons. The second-order valence-electron chi connectivity index (χ2n) is 4.07. The van der Waals surface area contributed by atoms with Gasteiger partial charge >= 0.3 is 0 Å². The molecule has 0 aromatic heterocycles. The molecule has 2 aromatic carbocycles. The second kappa shape index (κ2) is 7.11. The molecule has 0 fully saturated rings. The molecule has 2 aromatic rings. The summed E-state index contributed by atoms with van der Waals surface area (Å²) in [6, 6.07) is 13.8. The standard InChI is InChI=1S/C15H10BrClN2O2/c16-12-7-11(17)5-6-14(12)21-9-15(20)19-13-4-2-1-3-10(13)8-18/h1-7H,9H2,(H,19,20). The summed E-state index contributed by atoms with van der Waals surface area (Å²) in [5.74, 6) is 0.169. The van der Waals surface area contributed by atoms with Gasteiger partial charge in [0, 0.05) is 5.02 Å². The molecule has 1 N–H and O–H groups in total. The van der Waals surface area contributed by atoms with E-state index in [1.54, 1.807) is 42.5 Å². The van der Waals surface area contributed by atoms with Gasteiger partial charge in [-0.15, -0.1) is 0 Å². The van der Waals surface area contributed by atoms with Crippen molar-refractivity contribution in [3.8, 4) is 11.8 Å². The van der Waals surface area contributed by atoms with Gasteiger partial charge in [-0.25, -0.2) is 0 Å². The maximum atomic E-state index is 11.8. The van der Waals surface area contributed by atoms with Crippen molar-refractivity contribution in [3.63, 3.8) is 0 Å². The fourth-order valence-corrected chi connectivity index (χ4v) is 2.41. The summed E-state index contributed by atoms with van der Waals surface area (Å²) in [7, 11) is 0. The first-order chi connectivity index (χ1) is 10.1. The number of anilines is 1. The zero-order valence-electron chi connectivity index (χ0n) is 10.8. The third kappa shape index (κ3) is 4.22. The van der Waals surface area contributed by atoms with Crippen LogP contribution in [0.1, 0.15) is 5.56 Å². The number of carbonyl (C=O) groups is 1. The van der Waals surface area contributed by atoms with E-state index in [1.165, 1.54) is 0 Å². The average molecular weight is 366 g/mol. The molecule has 4 nitrogen and oxygen atoms in total. The second-order valence-corrected chi connectivity index (χ2v) is 5.36. The van der Waals surface area contributed by atoms with Crippen LogP contribution >= 0.6 is 27.5 Å². The quantitative estimate of drug-likeness (QED) is 0.891. The molecule has 0 heterocycles. The number of hydrogen-bond acceptors (Lipinski definition) is 3. The summed E-state index contributed by atoms with van der Waals surface area (Å²) < 4.78 is 6.07. The Morgan fingerprint density at radius 1 is 1.33 bits per heavy atom. The third-order valence-corrected chi connectivity index (χ3v) is 3.43. The van der Waals surface area contributed by atoms with Crippen LogP contribution in [0.15, 0.2) is 46.9 Å².